The van der Waals surface area contributed by atoms with E-state index >= 15 is 0 Å². The number of Topliss-reactive ketones (excluding diaryl/α,β-unsaturated/α-hetero) is 1. The van der Waals surface area contributed by atoms with E-state index in [-0.39, 0.29) is 24.5 Å². The Labute approximate surface area is 103 Å². The number of hydrogen-bond acceptors (Lipinski definition) is 4. The Morgan fingerprint density at radius 1 is 1.39 bits per heavy atom. The maximum atomic E-state index is 12.8. The Morgan fingerprint density at radius 2 is 2.06 bits per heavy atom. The fourth-order valence-electron chi connectivity index (χ4n) is 1.65. The maximum Gasteiger partial charge on any atom is 0.345 e. The largest absolute Gasteiger partial charge is 0.484 e. The molecule has 0 amide bonds. The van der Waals surface area contributed by atoms with Gasteiger partial charge in [0.25, 0.3) is 0 Å². The Morgan fingerprint density at radius 3 is 2.67 bits per heavy atom. The molecular formula is C13H11FO4. The number of carbonyl (C=O) groups excluding carboxylic acids is 2. The zero-order chi connectivity index (χ0) is 13.1. The molecule has 18 heavy (non-hydrogen) atoms. The van der Waals surface area contributed by atoms with Crippen molar-refractivity contribution in [3.8, 4) is 0 Å². The summed E-state index contributed by atoms with van der Waals surface area (Å²) in [5, 5.41) is 0. The molecule has 0 atom stereocenters. The van der Waals surface area contributed by atoms with Crippen molar-refractivity contribution < 1.29 is 23.5 Å². The topological polar surface area (TPSA) is 52.6 Å². The predicted octanol–water partition coefficient (Wildman–Crippen LogP) is 1.70. The van der Waals surface area contributed by atoms with Gasteiger partial charge in [0.1, 0.15) is 17.1 Å². The van der Waals surface area contributed by atoms with Gasteiger partial charge >= 0.3 is 5.97 Å². The van der Waals surface area contributed by atoms with Crippen LogP contribution in [-0.2, 0) is 19.1 Å². The summed E-state index contributed by atoms with van der Waals surface area (Å²) in [5.41, 5.74) is 0.369. The minimum Gasteiger partial charge on any atom is -0.484 e. The monoisotopic (exact) mass is 250 g/mol. The van der Waals surface area contributed by atoms with Crippen LogP contribution in [0.3, 0.4) is 0 Å². The Kier molecular flexibility index (Phi) is 3.41. The van der Waals surface area contributed by atoms with Crippen molar-refractivity contribution in [1.82, 2.24) is 0 Å². The first kappa shape index (κ1) is 12.3. The second kappa shape index (κ2) is 5.00. The maximum absolute atomic E-state index is 12.8. The molecule has 0 radical (unpaired) electrons. The van der Waals surface area contributed by atoms with Crippen LogP contribution in [0.25, 0.3) is 5.76 Å². The van der Waals surface area contributed by atoms with Crippen LogP contribution in [0.15, 0.2) is 29.8 Å². The van der Waals surface area contributed by atoms with E-state index in [4.69, 9.17) is 9.47 Å². The zero-order valence-electron chi connectivity index (χ0n) is 9.73. The van der Waals surface area contributed by atoms with Gasteiger partial charge in [-0.1, -0.05) is 0 Å². The average molecular weight is 250 g/mol. The zero-order valence-corrected chi connectivity index (χ0v) is 9.73. The van der Waals surface area contributed by atoms with Crippen molar-refractivity contribution >= 4 is 17.5 Å². The lowest BCUT2D eigenvalue weighted by Crippen LogP contribution is -2.14. The summed E-state index contributed by atoms with van der Waals surface area (Å²) in [5.74, 6) is -1.38. The molecule has 0 aromatic heterocycles. The van der Waals surface area contributed by atoms with E-state index in [0.717, 1.165) is 0 Å². The summed E-state index contributed by atoms with van der Waals surface area (Å²) < 4.78 is 22.8. The first-order valence-corrected chi connectivity index (χ1v) is 5.46. The van der Waals surface area contributed by atoms with Gasteiger partial charge in [0.05, 0.1) is 6.61 Å². The van der Waals surface area contributed by atoms with Gasteiger partial charge in [-0.25, -0.2) is 9.18 Å². The van der Waals surface area contributed by atoms with E-state index in [1.165, 1.54) is 24.3 Å². The Bertz CT molecular complexity index is 516. The van der Waals surface area contributed by atoms with Crippen molar-refractivity contribution in [2.24, 2.45) is 0 Å². The van der Waals surface area contributed by atoms with Crippen LogP contribution in [0.1, 0.15) is 12.5 Å². The average Bonchev–Trinajstić information content (AvgIpc) is 2.72. The van der Waals surface area contributed by atoms with Crippen molar-refractivity contribution in [1.29, 1.82) is 0 Å². The molecule has 0 N–H and O–H groups in total. The third-order valence-corrected chi connectivity index (χ3v) is 2.44. The standard InChI is InChI=1S/C13H11FO4/c1-2-17-13(16)11-10(15)7-18-12(11)8-3-5-9(14)6-4-8/h3-6H,2,7H2,1H3. The van der Waals surface area contributed by atoms with Gasteiger partial charge in [0.15, 0.2) is 6.61 Å². The van der Waals surface area contributed by atoms with Crippen molar-refractivity contribution in [2.45, 2.75) is 6.92 Å². The van der Waals surface area contributed by atoms with Crippen molar-refractivity contribution in [2.75, 3.05) is 13.2 Å². The molecule has 0 saturated heterocycles. The molecule has 0 bridgehead atoms. The molecule has 0 spiro atoms. The summed E-state index contributed by atoms with van der Waals surface area (Å²) >= 11 is 0. The van der Waals surface area contributed by atoms with Crippen LogP contribution in [0.5, 0.6) is 0 Å². The first-order valence-electron chi connectivity index (χ1n) is 5.46. The molecule has 5 heteroatoms. The minimum atomic E-state index is -0.709. The fraction of sp³-hybridized carbons (Fsp3) is 0.231. The van der Waals surface area contributed by atoms with Crippen LogP contribution >= 0.6 is 0 Å². The third-order valence-electron chi connectivity index (χ3n) is 2.44. The smallest absolute Gasteiger partial charge is 0.345 e. The molecule has 1 aliphatic rings. The van der Waals surface area contributed by atoms with Gasteiger partial charge in [-0.3, -0.25) is 4.79 Å². The number of carbonyl (C=O) groups is 2. The molecule has 4 nitrogen and oxygen atoms in total. The van der Waals surface area contributed by atoms with E-state index in [2.05, 4.69) is 0 Å². The van der Waals surface area contributed by atoms with Crippen LogP contribution in [-0.4, -0.2) is 25.0 Å². The highest BCUT2D eigenvalue weighted by molar-refractivity contribution is 6.24. The highest BCUT2D eigenvalue weighted by Gasteiger charge is 2.32. The van der Waals surface area contributed by atoms with Gasteiger partial charge in [-0.05, 0) is 31.2 Å². The van der Waals surface area contributed by atoms with Gasteiger partial charge < -0.3 is 9.47 Å². The number of ketones is 1. The highest BCUT2D eigenvalue weighted by atomic mass is 19.1. The van der Waals surface area contributed by atoms with Gasteiger partial charge in [0.2, 0.25) is 5.78 Å². The summed E-state index contributed by atoms with van der Waals surface area (Å²) in [6.45, 7) is 1.63. The Hall–Kier alpha value is -2.17. The molecule has 94 valence electrons. The molecule has 1 aliphatic heterocycles. The van der Waals surface area contributed by atoms with Gasteiger partial charge in [-0.2, -0.15) is 0 Å². The molecule has 0 saturated carbocycles. The SMILES string of the molecule is CCOC(=O)C1=C(c2ccc(F)cc2)OCC1=O. The lowest BCUT2D eigenvalue weighted by atomic mass is 10.1. The summed E-state index contributed by atoms with van der Waals surface area (Å²) in [7, 11) is 0. The molecule has 1 aromatic rings. The third kappa shape index (κ3) is 2.25. The summed E-state index contributed by atoms with van der Waals surface area (Å²) in [6.07, 6.45) is 0. The lowest BCUT2D eigenvalue weighted by Gasteiger charge is -2.05. The normalized spacial score (nSPS) is 14.7. The first-order chi connectivity index (χ1) is 8.63. The molecule has 1 heterocycles. The molecule has 1 aromatic carbocycles. The number of hydrogen-bond donors (Lipinski definition) is 0. The van der Waals surface area contributed by atoms with E-state index in [0.29, 0.717) is 5.56 Å². The second-order valence-electron chi connectivity index (χ2n) is 3.64. The molecule has 2 rings (SSSR count). The van der Waals surface area contributed by atoms with Crippen molar-refractivity contribution in [3.05, 3.63) is 41.2 Å². The molecule has 0 unspecified atom stereocenters. The van der Waals surface area contributed by atoms with Gasteiger partial charge in [0, 0.05) is 5.56 Å². The second-order valence-corrected chi connectivity index (χ2v) is 3.64. The fourth-order valence-corrected chi connectivity index (χ4v) is 1.65. The van der Waals surface area contributed by atoms with E-state index in [9.17, 15) is 14.0 Å². The van der Waals surface area contributed by atoms with Crippen LogP contribution in [0, 0.1) is 5.82 Å². The number of rotatable bonds is 3. The summed E-state index contributed by atoms with van der Waals surface area (Å²) in [4.78, 5) is 23.2. The van der Waals surface area contributed by atoms with E-state index in [1.807, 2.05) is 0 Å². The minimum absolute atomic E-state index is 0.108. The van der Waals surface area contributed by atoms with Crippen LogP contribution in [0.4, 0.5) is 4.39 Å². The molecule has 0 fully saturated rings. The molecule has 0 aliphatic carbocycles. The quantitative estimate of drug-likeness (QED) is 0.605. The van der Waals surface area contributed by atoms with E-state index in [1.54, 1.807) is 6.92 Å². The highest BCUT2D eigenvalue weighted by Crippen LogP contribution is 2.27. The van der Waals surface area contributed by atoms with Gasteiger partial charge in [-0.15, -0.1) is 0 Å². The Balaban J connectivity index is 2.41. The predicted molar refractivity (Wildman–Crippen MR) is 60.9 cm³/mol. The van der Waals surface area contributed by atoms with E-state index < -0.39 is 17.6 Å². The van der Waals surface area contributed by atoms with Crippen LogP contribution in [0.2, 0.25) is 0 Å². The van der Waals surface area contributed by atoms with Crippen LogP contribution < -0.4 is 0 Å². The van der Waals surface area contributed by atoms with Crippen molar-refractivity contribution in [3.63, 3.8) is 0 Å². The number of ether oxygens (including phenoxy) is 2. The lowest BCUT2D eigenvalue weighted by molar-refractivity contribution is -0.139. The molecular weight excluding hydrogens is 239 g/mol. The number of benzene rings is 1. The number of halogens is 1. The number of esters is 1. The summed E-state index contributed by atoms with van der Waals surface area (Å²) in [6, 6.07) is 5.36.